The number of rotatable bonds is 4. The smallest absolute Gasteiger partial charge is 0.255 e. The monoisotopic (exact) mass is 541 g/mol. The Balaban J connectivity index is 2.05. The summed E-state index contributed by atoms with van der Waals surface area (Å²) in [7, 11) is 4.52. The molecule has 4 unspecified atom stereocenters. The van der Waals surface area contributed by atoms with Crippen LogP contribution in [0.25, 0.3) is 5.76 Å². The Labute approximate surface area is 226 Å². The van der Waals surface area contributed by atoms with Crippen LogP contribution in [-0.2, 0) is 31.1 Å². The van der Waals surface area contributed by atoms with Gasteiger partial charge in [-0.2, -0.15) is 0 Å². The molecule has 11 nitrogen and oxygen atoms in total. The minimum absolute atomic E-state index is 0.00740. The third-order valence-electron chi connectivity index (χ3n) is 8.15. The Morgan fingerprint density at radius 3 is 2.33 bits per heavy atom. The topological polar surface area (TPSA) is 183 Å². The van der Waals surface area contributed by atoms with Gasteiger partial charge in [-0.05, 0) is 56.8 Å². The summed E-state index contributed by atoms with van der Waals surface area (Å²) in [6.07, 6.45) is 0.173. The van der Waals surface area contributed by atoms with Crippen molar-refractivity contribution in [3.05, 3.63) is 45.2 Å². The number of carbonyl (C=O) groups excluding carboxylic acids is 3. The molecule has 0 spiro atoms. The number of ketones is 2. The van der Waals surface area contributed by atoms with E-state index in [0.717, 1.165) is 0 Å². The summed E-state index contributed by atoms with van der Waals surface area (Å²) in [5.41, 5.74) is 3.22. The first kappa shape index (κ1) is 28.3. The molecule has 4 atom stereocenters. The number of primary amides is 1. The molecule has 210 valence electrons. The van der Waals surface area contributed by atoms with E-state index in [0.29, 0.717) is 22.4 Å². The Morgan fingerprint density at radius 1 is 1.21 bits per heavy atom. The molecular weight excluding hydrogens is 506 g/mol. The van der Waals surface area contributed by atoms with Crippen LogP contribution in [0.3, 0.4) is 0 Å². The molecule has 11 heteroatoms. The van der Waals surface area contributed by atoms with Crippen molar-refractivity contribution < 1.29 is 39.6 Å². The minimum Gasteiger partial charge on any atom is -0.508 e. The van der Waals surface area contributed by atoms with Gasteiger partial charge >= 0.3 is 0 Å². The molecule has 1 aromatic carbocycles. The maximum atomic E-state index is 14.0. The zero-order valence-corrected chi connectivity index (χ0v) is 23.1. The molecular formula is C28H35N3O8. The van der Waals surface area contributed by atoms with Gasteiger partial charge in [0.05, 0.1) is 17.3 Å². The van der Waals surface area contributed by atoms with Crippen molar-refractivity contribution in [3.8, 4) is 5.75 Å². The highest BCUT2D eigenvalue weighted by atomic mass is 16.6. The van der Waals surface area contributed by atoms with E-state index in [2.05, 4.69) is 5.16 Å². The largest absolute Gasteiger partial charge is 0.508 e. The van der Waals surface area contributed by atoms with Crippen molar-refractivity contribution in [1.29, 1.82) is 0 Å². The van der Waals surface area contributed by atoms with E-state index >= 15 is 0 Å². The SMILES string of the molecule is CO/N=C(/C)c1cc(C(C)(C)C)c(O)c2c1CC1CC3C(N(C)C)C(=O)C(C(N)=O)=C(O)C3(O)C(=O)C1=C2O. The maximum absolute atomic E-state index is 14.0. The molecule has 0 bridgehead atoms. The quantitative estimate of drug-likeness (QED) is 0.215. The summed E-state index contributed by atoms with van der Waals surface area (Å²) < 4.78 is 0. The van der Waals surface area contributed by atoms with Gasteiger partial charge in [0.15, 0.2) is 11.4 Å². The van der Waals surface area contributed by atoms with E-state index in [1.807, 2.05) is 20.8 Å². The van der Waals surface area contributed by atoms with E-state index in [4.69, 9.17) is 10.6 Å². The van der Waals surface area contributed by atoms with Crippen LogP contribution in [0.2, 0.25) is 0 Å². The number of nitrogens with zero attached hydrogens (tertiary/aromatic N) is 2. The summed E-state index contributed by atoms with van der Waals surface area (Å²) >= 11 is 0. The number of hydrogen-bond donors (Lipinski definition) is 5. The third kappa shape index (κ3) is 3.94. The van der Waals surface area contributed by atoms with Crippen LogP contribution < -0.4 is 5.73 Å². The van der Waals surface area contributed by atoms with E-state index in [9.17, 15) is 34.8 Å². The van der Waals surface area contributed by atoms with Crippen molar-refractivity contribution >= 4 is 28.9 Å². The van der Waals surface area contributed by atoms with Gasteiger partial charge in [-0.15, -0.1) is 0 Å². The zero-order chi connectivity index (χ0) is 29.4. The van der Waals surface area contributed by atoms with E-state index in [1.165, 1.54) is 12.0 Å². The number of fused-ring (bicyclic) bond motifs is 3. The van der Waals surface area contributed by atoms with Crippen LogP contribution in [-0.4, -0.2) is 81.4 Å². The number of oxime groups is 1. The molecule has 0 aromatic heterocycles. The molecule has 0 saturated heterocycles. The Hall–Kier alpha value is -3.70. The second-order valence-corrected chi connectivity index (χ2v) is 11.7. The first-order valence-electron chi connectivity index (χ1n) is 12.6. The third-order valence-corrected chi connectivity index (χ3v) is 8.15. The summed E-state index contributed by atoms with van der Waals surface area (Å²) in [6.45, 7) is 7.36. The summed E-state index contributed by atoms with van der Waals surface area (Å²) in [4.78, 5) is 45.8. The normalized spacial score (nSPS) is 27.4. The number of phenolic OH excluding ortho intramolecular Hbond substituents is 1. The van der Waals surface area contributed by atoms with Gasteiger partial charge < -0.3 is 31.0 Å². The lowest BCUT2D eigenvalue weighted by atomic mass is 9.57. The fraction of sp³-hybridized carbons (Fsp3) is 0.500. The Morgan fingerprint density at radius 2 is 1.82 bits per heavy atom. The first-order chi connectivity index (χ1) is 18.0. The number of carbonyl (C=O) groups is 3. The summed E-state index contributed by atoms with van der Waals surface area (Å²) in [6, 6.07) is 0.640. The predicted molar refractivity (Wildman–Crippen MR) is 142 cm³/mol. The van der Waals surface area contributed by atoms with Crippen molar-refractivity contribution in [2.24, 2.45) is 22.7 Å². The van der Waals surface area contributed by atoms with Crippen LogP contribution in [0.4, 0.5) is 0 Å². The molecule has 39 heavy (non-hydrogen) atoms. The van der Waals surface area contributed by atoms with Gasteiger partial charge in [0.2, 0.25) is 5.78 Å². The van der Waals surface area contributed by atoms with E-state index in [-0.39, 0.29) is 29.7 Å². The molecule has 1 aromatic rings. The molecule has 3 aliphatic rings. The standard InChI is InChI=1S/C28H35N3O8/c1-11(30-39-7)13-10-16(27(2,3)4)21(32)18-14(13)8-12-9-15-20(31(5)6)23(34)19(26(29)37)25(36)28(15,38)24(35)17(12)22(18)33/h10,12,15,20,32-33,36,38H,8-9H2,1-7H3,(H2,29,37)/b30-11-. The van der Waals surface area contributed by atoms with Crippen molar-refractivity contribution in [3.63, 3.8) is 0 Å². The number of Topliss-reactive ketones (excluding diaryl/α,β-unsaturated/α-hetero) is 2. The van der Waals surface area contributed by atoms with Crippen LogP contribution >= 0.6 is 0 Å². The van der Waals surface area contributed by atoms with E-state index in [1.54, 1.807) is 27.1 Å². The predicted octanol–water partition coefficient (Wildman–Crippen LogP) is 1.63. The molecule has 1 fully saturated rings. The van der Waals surface area contributed by atoms with Gasteiger partial charge in [0, 0.05) is 22.6 Å². The second-order valence-electron chi connectivity index (χ2n) is 11.7. The number of likely N-dealkylation sites (N-methyl/N-ethyl adjacent to an activating group) is 1. The highest BCUT2D eigenvalue weighted by Crippen LogP contribution is 2.54. The average molecular weight is 542 g/mol. The number of aliphatic hydroxyl groups is 3. The number of phenols is 1. The van der Waals surface area contributed by atoms with Gasteiger partial charge in [0.25, 0.3) is 5.91 Å². The van der Waals surface area contributed by atoms with Crippen molar-refractivity contribution in [2.45, 2.75) is 57.6 Å². The van der Waals surface area contributed by atoms with Crippen molar-refractivity contribution in [2.75, 3.05) is 21.2 Å². The number of aliphatic hydroxyl groups excluding tert-OH is 2. The van der Waals surface area contributed by atoms with Crippen LogP contribution in [0.15, 0.2) is 28.1 Å². The Bertz CT molecular complexity index is 1400. The lowest BCUT2D eigenvalue weighted by Crippen LogP contribution is -2.65. The first-order valence-corrected chi connectivity index (χ1v) is 12.6. The highest BCUT2D eigenvalue weighted by Gasteiger charge is 2.64. The summed E-state index contributed by atoms with van der Waals surface area (Å²) in [5, 5.41) is 49.7. The van der Waals surface area contributed by atoms with Crippen molar-refractivity contribution in [1.82, 2.24) is 4.90 Å². The number of aromatic hydroxyl groups is 1. The minimum atomic E-state index is -2.68. The molecule has 4 rings (SSSR count). The summed E-state index contributed by atoms with van der Waals surface area (Å²) in [5.74, 6) is -6.82. The highest BCUT2D eigenvalue weighted by molar-refractivity contribution is 6.24. The zero-order valence-electron chi connectivity index (χ0n) is 23.1. The molecule has 6 N–H and O–H groups in total. The van der Waals surface area contributed by atoms with Gasteiger partial charge in [-0.1, -0.05) is 25.9 Å². The lowest BCUT2D eigenvalue weighted by molar-refractivity contribution is -0.153. The molecule has 0 heterocycles. The fourth-order valence-electron chi connectivity index (χ4n) is 6.39. The number of hydrogen-bond acceptors (Lipinski definition) is 10. The maximum Gasteiger partial charge on any atom is 0.255 e. The van der Waals surface area contributed by atoms with Gasteiger partial charge in [0.1, 0.15) is 30.0 Å². The van der Waals surface area contributed by atoms with Crippen LogP contribution in [0.5, 0.6) is 5.75 Å². The lowest BCUT2D eigenvalue weighted by Gasteiger charge is -2.50. The van der Waals surface area contributed by atoms with Crippen LogP contribution in [0.1, 0.15) is 56.4 Å². The average Bonchev–Trinajstić information content (AvgIpc) is 2.80. The number of amides is 1. The molecule has 1 saturated carbocycles. The Kier molecular flexibility index (Phi) is 6.68. The molecule has 0 radical (unpaired) electrons. The second kappa shape index (κ2) is 9.20. The number of nitrogens with two attached hydrogens (primary N) is 1. The molecule has 0 aliphatic heterocycles. The van der Waals surface area contributed by atoms with Gasteiger partial charge in [-0.25, -0.2) is 0 Å². The molecule has 1 amide bonds. The number of benzene rings is 1. The molecule has 3 aliphatic carbocycles. The fourth-order valence-corrected chi connectivity index (χ4v) is 6.39. The van der Waals surface area contributed by atoms with Crippen LogP contribution in [0, 0.1) is 11.8 Å². The van der Waals surface area contributed by atoms with E-state index < -0.39 is 63.5 Å². The van der Waals surface area contributed by atoms with Gasteiger partial charge in [-0.3, -0.25) is 19.3 Å².